The quantitative estimate of drug-likeness (QED) is 0.864. The van der Waals surface area contributed by atoms with Crippen LogP contribution in [0.5, 0.6) is 0 Å². The summed E-state index contributed by atoms with van der Waals surface area (Å²) in [5, 5.41) is 16.6. The maximum atomic E-state index is 11.2. The minimum Gasteiger partial charge on any atom is -0.476 e. The first kappa shape index (κ1) is 15.4. The number of ether oxygens (including phenoxy) is 1. The number of H-pyrrole nitrogens is 1. The molecule has 2 aromatic heterocycles. The summed E-state index contributed by atoms with van der Waals surface area (Å²) < 4.78 is 6.12. The van der Waals surface area contributed by atoms with E-state index in [1.165, 1.54) is 5.56 Å². The summed E-state index contributed by atoms with van der Waals surface area (Å²) in [4.78, 5) is 17.5. The molecule has 2 aliphatic rings. The first-order chi connectivity index (χ1) is 11.6. The van der Waals surface area contributed by atoms with Crippen LogP contribution < -0.4 is 4.90 Å². The van der Waals surface area contributed by atoms with Gasteiger partial charge in [0.2, 0.25) is 0 Å². The second kappa shape index (κ2) is 5.75. The second-order valence-corrected chi connectivity index (χ2v) is 6.56. The van der Waals surface area contributed by atoms with Crippen LogP contribution in [0.3, 0.4) is 0 Å². The number of halogens is 1. The molecule has 126 valence electrons. The molecule has 2 aromatic rings. The molecule has 0 bridgehead atoms. The standard InChI is InChI=1S/C16H17ClN4O3/c17-11-1-2-12(19-13(11)15(22)23)21-6-4-16(5-7-21)14-10(3-8-24-16)9-18-20-14/h1-2,9H,3-8H2,(H,18,20)(H,22,23). The smallest absolute Gasteiger partial charge is 0.356 e. The summed E-state index contributed by atoms with van der Waals surface area (Å²) in [5.74, 6) is -0.486. The van der Waals surface area contributed by atoms with Gasteiger partial charge in [-0.1, -0.05) is 11.6 Å². The van der Waals surface area contributed by atoms with E-state index in [-0.39, 0.29) is 16.3 Å². The van der Waals surface area contributed by atoms with Crippen LogP contribution in [0.25, 0.3) is 0 Å². The third kappa shape index (κ3) is 2.44. The van der Waals surface area contributed by atoms with Gasteiger partial charge in [0, 0.05) is 13.1 Å². The predicted molar refractivity (Wildman–Crippen MR) is 87.6 cm³/mol. The highest BCUT2D eigenvalue weighted by Gasteiger charge is 2.42. The van der Waals surface area contributed by atoms with Crippen molar-refractivity contribution in [2.24, 2.45) is 0 Å². The molecule has 1 spiro atoms. The number of carbonyl (C=O) groups is 1. The zero-order valence-electron chi connectivity index (χ0n) is 13.0. The Kier molecular flexibility index (Phi) is 3.69. The molecular formula is C16H17ClN4O3. The van der Waals surface area contributed by atoms with Crippen LogP contribution in [-0.4, -0.2) is 46.0 Å². The van der Waals surface area contributed by atoms with E-state index >= 15 is 0 Å². The normalized spacial score (nSPS) is 19.3. The van der Waals surface area contributed by atoms with Gasteiger partial charge >= 0.3 is 5.97 Å². The van der Waals surface area contributed by atoms with Gasteiger partial charge in [0.1, 0.15) is 11.4 Å². The van der Waals surface area contributed by atoms with E-state index in [0.717, 1.165) is 38.0 Å². The van der Waals surface area contributed by atoms with Crippen molar-refractivity contribution in [3.05, 3.63) is 40.3 Å². The van der Waals surface area contributed by atoms with Crippen molar-refractivity contribution < 1.29 is 14.6 Å². The zero-order chi connectivity index (χ0) is 16.7. The number of aromatic amines is 1. The average molecular weight is 349 g/mol. The zero-order valence-corrected chi connectivity index (χ0v) is 13.7. The topological polar surface area (TPSA) is 91.3 Å². The molecule has 1 fully saturated rings. The molecule has 0 saturated carbocycles. The van der Waals surface area contributed by atoms with Crippen LogP contribution in [0.4, 0.5) is 5.82 Å². The van der Waals surface area contributed by atoms with Crippen LogP contribution >= 0.6 is 11.6 Å². The lowest BCUT2D eigenvalue weighted by Crippen LogP contribution is -2.47. The number of hydrogen-bond donors (Lipinski definition) is 2. The van der Waals surface area contributed by atoms with Crippen molar-refractivity contribution in [3.8, 4) is 0 Å². The molecule has 1 saturated heterocycles. The van der Waals surface area contributed by atoms with E-state index in [4.69, 9.17) is 16.3 Å². The van der Waals surface area contributed by atoms with Crippen LogP contribution in [0.1, 0.15) is 34.6 Å². The third-order valence-electron chi connectivity index (χ3n) is 4.85. The number of fused-ring (bicyclic) bond motifs is 2. The molecule has 8 heteroatoms. The first-order valence-electron chi connectivity index (χ1n) is 7.90. The van der Waals surface area contributed by atoms with Gasteiger partial charge < -0.3 is 14.7 Å². The molecule has 0 amide bonds. The molecule has 24 heavy (non-hydrogen) atoms. The number of aromatic carboxylic acids is 1. The fourth-order valence-corrected chi connectivity index (χ4v) is 3.76. The highest BCUT2D eigenvalue weighted by molar-refractivity contribution is 6.33. The summed E-state index contributed by atoms with van der Waals surface area (Å²) >= 11 is 5.90. The highest BCUT2D eigenvalue weighted by Crippen LogP contribution is 2.41. The molecule has 0 aliphatic carbocycles. The lowest BCUT2D eigenvalue weighted by atomic mass is 9.84. The molecule has 0 aromatic carbocycles. The molecular weight excluding hydrogens is 332 g/mol. The molecule has 0 radical (unpaired) electrons. The summed E-state index contributed by atoms with van der Waals surface area (Å²) in [6, 6.07) is 3.35. The van der Waals surface area contributed by atoms with Crippen LogP contribution in [-0.2, 0) is 16.8 Å². The van der Waals surface area contributed by atoms with Gasteiger partial charge in [-0.2, -0.15) is 5.10 Å². The Balaban J connectivity index is 1.56. The van der Waals surface area contributed by atoms with Crippen LogP contribution in [0.2, 0.25) is 5.02 Å². The number of hydrogen-bond acceptors (Lipinski definition) is 5. The number of carboxylic acid groups (broad SMARTS) is 1. The Hall–Kier alpha value is -2.12. The van der Waals surface area contributed by atoms with E-state index in [1.807, 2.05) is 6.20 Å². The van der Waals surface area contributed by atoms with Gasteiger partial charge in [0.25, 0.3) is 0 Å². The fourth-order valence-electron chi connectivity index (χ4n) is 3.57. The van der Waals surface area contributed by atoms with Gasteiger partial charge in [-0.05, 0) is 37.0 Å². The van der Waals surface area contributed by atoms with Crippen molar-refractivity contribution in [2.75, 3.05) is 24.6 Å². The van der Waals surface area contributed by atoms with Gasteiger partial charge in [-0.3, -0.25) is 5.10 Å². The number of rotatable bonds is 2. The lowest BCUT2D eigenvalue weighted by Gasteiger charge is -2.43. The number of anilines is 1. The molecule has 2 N–H and O–H groups in total. The Morgan fingerprint density at radius 2 is 2.17 bits per heavy atom. The SMILES string of the molecule is O=C(O)c1nc(N2CCC3(CC2)OCCc2cn[nH]c23)ccc1Cl. The summed E-state index contributed by atoms with van der Waals surface area (Å²) in [5.41, 5.74) is 1.89. The molecule has 0 unspecified atom stereocenters. The van der Waals surface area contributed by atoms with Crippen LogP contribution in [0, 0.1) is 0 Å². The number of nitrogens with zero attached hydrogens (tertiary/aromatic N) is 3. The third-order valence-corrected chi connectivity index (χ3v) is 5.16. The van der Waals surface area contributed by atoms with Gasteiger partial charge in [-0.25, -0.2) is 9.78 Å². The molecule has 4 heterocycles. The van der Waals surface area contributed by atoms with E-state index in [2.05, 4.69) is 20.1 Å². The summed E-state index contributed by atoms with van der Waals surface area (Å²) in [6.07, 6.45) is 4.37. The Labute approximate surface area is 143 Å². The van der Waals surface area contributed by atoms with Crippen molar-refractivity contribution in [1.82, 2.24) is 15.2 Å². The fraction of sp³-hybridized carbons (Fsp3) is 0.438. The Bertz CT molecular complexity index is 783. The Morgan fingerprint density at radius 3 is 2.92 bits per heavy atom. The lowest BCUT2D eigenvalue weighted by molar-refractivity contribution is -0.0796. The molecule has 2 aliphatic heterocycles. The van der Waals surface area contributed by atoms with Crippen molar-refractivity contribution in [2.45, 2.75) is 24.9 Å². The summed E-state index contributed by atoms with van der Waals surface area (Å²) in [7, 11) is 0. The van der Waals surface area contributed by atoms with Crippen LogP contribution in [0.15, 0.2) is 18.3 Å². The van der Waals surface area contributed by atoms with Gasteiger partial charge in [0.15, 0.2) is 5.69 Å². The maximum Gasteiger partial charge on any atom is 0.356 e. The van der Waals surface area contributed by atoms with Gasteiger partial charge in [0.05, 0.1) is 23.5 Å². The minimum atomic E-state index is -1.12. The largest absolute Gasteiger partial charge is 0.476 e. The monoisotopic (exact) mass is 348 g/mol. The Morgan fingerprint density at radius 1 is 1.38 bits per heavy atom. The molecule has 4 rings (SSSR count). The van der Waals surface area contributed by atoms with E-state index < -0.39 is 5.97 Å². The number of carboxylic acids is 1. The number of nitrogens with one attached hydrogen (secondary N) is 1. The second-order valence-electron chi connectivity index (χ2n) is 6.16. The van der Waals surface area contributed by atoms with Crippen molar-refractivity contribution >= 4 is 23.4 Å². The van der Waals surface area contributed by atoms with Gasteiger partial charge in [-0.15, -0.1) is 0 Å². The van der Waals surface area contributed by atoms with E-state index in [1.54, 1.807) is 12.1 Å². The minimum absolute atomic E-state index is 0.112. The average Bonchev–Trinajstić information content (AvgIpc) is 3.06. The number of pyridine rings is 1. The summed E-state index contributed by atoms with van der Waals surface area (Å²) in [6.45, 7) is 2.16. The highest BCUT2D eigenvalue weighted by atomic mass is 35.5. The molecule has 7 nitrogen and oxygen atoms in total. The van der Waals surface area contributed by atoms with E-state index in [9.17, 15) is 9.90 Å². The van der Waals surface area contributed by atoms with Crippen molar-refractivity contribution in [3.63, 3.8) is 0 Å². The number of piperidine rings is 1. The maximum absolute atomic E-state index is 11.2. The first-order valence-corrected chi connectivity index (χ1v) is 8.28. The van der Waals surface area contributed by atoms with Crippen molar-refractivity contribution in [1.29, 1.82) is 0 Å². The predicted octanol–water partition coefficient (Wildman–Crippen LogP) is 2.22. The number of aromatic nitrogens is 3. The molecule has 0 atom stereocenters. The van der Waals surface area contributed by atoms with E-state index in [0.29, 0.717) is 12.4 Å².